The average Bonchev–Trinajstić information content (AvgIpc) is 2.33. The van der Waals surface area contributed by atoms with Gasteiger partial charge in [0.15, 0.2) is 6.29 Å². The Bertz CT molecular complexity index is 367. The zero-order valence-corrected chi connectivity index (χ0v) is 11.3. The lowest BCUT2D eigenvalue weighted by atomic mass is 10.1. The van der Waals surface area contributed by atoms with E-state index in [0.717, 1.165) is 0 Å². The molecule has 0 spiro atoms. The van der Waals surface area contributed by atoms with Crippen molar-refractivity contribution in [1.29, 1.82) is 0 Å². The molecule has 0 aliphatic heterocycles. The smallest absolute Gasteiger partial charge is 0.183 e. The van der Waals surface area contributed by atoms with Crippen molar-refractivity contribution >= 4 is 11.6 Å². The van der Waals surface area contributed by atoms with E-state index in [1.165, 1.54) is 12.1 Å². The van der Waals surface area contributed by atoms with Gasteiger partial charge in [-0.3, -0.25) is 0 Å². The number of hydrogen-bond donors (Lipinski definition) is 1. The first-order valence-corrected chi connectivity index (χ1v) is 6.31. The highest BCUT2D eigenvalue weighted by Crippen LogP contribution is 2.17. The summed E-state index contributed by atoms with van der Waals surface area (Å²) in [7, 11) is 0. The van der Waals surface area contributed by atoms with E-state index in [4.69, 9.17) is 21.1 Å². The summed E-state index contributed by atoms with van der Waals surface area (Å²) >= 11 is 5.59. The average molecular weight is 277 g/mol. The molecule has 1 aromatic rings. The molecule has 18 heavy (non-hydrogen) atoms. The third kappa shape index (κ3) is 4.53. The van der Waals surface area contributed by atoms with Gasteiger partial charge in [0.1, 0.15) is 11.9 Å². The Kier molecular flexibility index (Phi) is 6.57. The summed E-state index contributed by atoms with van der Waals surface area (Å²) in [5.41, 5.74) is 0.647. The molecule has 0 aliphatic carbocycles. The van der Waals surface area contributed by atoms with Gasteiger partial charge in [-0.25, -0.2) is 4.39 Å². The summed E-state index contributed by atoms with van der Waals surface area (Å²) < 4.78 is 23.8. The van der Waals surface area contributed by atoms with E-state index in [-0.39, 0.29) is 11.4 Å². The Morgan fingerprint density at radius 1 is 1.28 bits per heavy atom. The van der Waals surface area contributed by atoms with E-state index in [2.05, 4.69) is 0 Å². The Labute approximate surface area is 111 Å². The number of ether oxygens (including phenoxy) is 2. The van der Waals surface area contributed by atoms with E-state index < -0.39 is 18.2 Å². The van der Waals surface area contributed by atoms with Gasteiger partial charge in [0, 0.05) is 19.6 Å². The van der Waals surface area contributed by atoms with Gasteiger partial charge in [-0.15, -0.1) is 0 Å². The largest absolute Gasteiger partial charge is 0.387 e. The minimum atomic E-state index is -0.842. The highest BCUT2D eigenvalue weighted by molar-refractivity contribution is 6.30. The predicted molar refractivity (Wildman–Crippen MR) is 68.2 cm³/mol. The Balaban J connectivity index is 2.66. The molecule has 1 unspecified atom stereocenters. The van der Waals surface area contributed by atoms with E-state index in [0.29, 0.717) is 18.8 Å². The lowest BCUT2D eigenvalue weighted by Gasteiger charge is -2.22. The zero-order valence-electron chi connectivity index (χ0n) is 10.5. The fraction of sp³-hybridized carbons (Fsp3) is 0.538. The molecule has 3 nitrogen and oxygen atoms in total. The minimum absolute atomic E-state index is 0.0689. The van der Waals surface area contributed by atoms with Crippen molar-refractivity contribution in [3.05, 3.63) is 34.6 Å². The van der Waals surface area contributed by atoms with Crippen LogP contribution in [0.25, 0.3) is 0 Å². The SMILES string of the molecule is CCOC(OCC)C(O)Cc1ccc(Cl)c(F)c1. The van der Waals surface area contributed by atoms with Crippen molar-refractivity contribution in [3.63, 3.8) is 0 Å². The summed E-state index contributed by atoms with van der Waals surface area (Å²) in [6, 6.07) is 4.44. The maximum atomic E-state index is 13.3. The Hall–Kier alpha value is -0.680. The second-order valence-electron chi connectivity index (χ2n) is 3.80. The number of halogens is 2. The molecule has 0 bridgehead atoms. The molecule has 0 saturated heterocycles. The van der Waals surface area contributed by atoms with E-state index >= 15 is 0 Å². The number of aliphatic hydroxyl groups is 1. The van der Waals surface area contributed by atoms with Crippen LogP contribution in [0.3, 0.4) is 0 Å². The molecule has 0 aromatic heterocycles. The first-order chi connectivity index (χ1) is 8.58. The molecule has 0 amide bonds. The molecular formula is C13H18ClFO3. The predicted octanol–water partition coefficient (Wildman–Crippen LogP) is 2.78. The molecule has 1 N–H and O–H groups in total. The van der Waals surface area contributed by atoms with Crippen LogP contribution in [0, 0.1) is 5.82 Å². The molecule has 1 atom stereocenters. The summed E-state index contributed by atoms with van der Waals surface area (Å²) in [6.45, 7) is 4.52. The minimum Gasteiger partial charge on any atom is -0.387 e. The third-order valence-corrected chi connectivity index (χ3v) is 2.71. The van der Waals surface area contributed by atoms with Gasteiger partial charge < -0.3 is 14.6 Å². The second kappa shape index (κ2) is 7.69. The lowest BCUT2D eigenvalue weighted by molar-refractivity contribution is -0.188. The number of hydrogen-bond acceptors (Lipinski definition) is 3. The first kappa shape index (κ1) is 15.4. The van der Waals surface area contributed by atoms with Gasteiger partial charge in [0.25, 0.3) is 0 Å². The van der Waals surface area contributed by atoms with E-state index in [9.17, 15) is 9.50 Å². The maximum Gasteiger partial charge on any atom is 0.183 e. The number of aliphatic hydroxyl groups excluding tert-OH is 1. The normalized spacial score (nSPS) is 13.0. The Morgan fingerprint density at radius 3 is 2.39 bits per heavy atom. The Morgan fingerprint density at radius 2 is 1.89 bits per heavy atom. The van der Waals surface area contributed by atoms with Gasteiger partial charge in [-0.05, 0) is 31.5 Å². The highest BCUT2D eigenvalue weighted by Gasteiger charge is 2.20. The molecule has 1 rings (SSSR count). The van der Waals surface area contributed by atoms with Crippen LogP contribution in [-0.4, -0.2) is 30.7 Å². The lowest BCUT2D eigenvalue weighted by Crippen LogP contribution is -2.33. The van der Waals surface area contributed by atoms with Crippen LogP contribution in [0.4, 0.5) is 4.39 Å². The monoisotopic (exact) mass is 276 g/mol. The van der Waals surface area contributed by atoms with Crippen LogP contribution < -0.4 is 0 Å². The summed E-state index contributed by atoms with van der Waals surface area (Å²) in [5, 5.41) is 10.0. The van der Waals surface area contributed by atoms with Crippen molar-refractivity contribution in [2.75, 3.05) is 13.2 Å². The number of benzene rings is 1. The fourth-order valence-corrected chi connectivity index (χ4v) is 1.72. The van der Waals surface area contributed by atoms with Crippen molar-refractivity contribution in [2.24, 2.45) is 0 Å². The van der Waals surface area contributed by atoms with Crippen LogP contribution in [0.2, 0.25) is 5.02 Å². The van der Waals surface area contributed by atoms with Gasteiger partial charge >= 0.3 is 0 Å². The van der Waals surface area contributed by atoms with Gasteiger partial charge in [0.05, 0.1) is 5.02 Å². The molecule has 1 aromatic carbocycles. The van der Waals surface area contributed by atoms with Crippen LogP contribution in [-0.2, 0) is 15.9 Å². The van der Waals surface area contributed by atoms with Crippen LogP contribution in [0.5, 0.6) is 0 Å². The summed E-state index contributed by atoms with van der Waals surface area (Å²) in [5.74, 6) is -0.495. The van der Waals surface area contributed by atoms with Crippen molar-refractivity contribution < 1.29 is 19.0 Å². The highest BCUT2D eigenvalue weighted by atomic mass is 35.5. The van der Waals surface area contributed by atoms with E-state index in [1.807, 2.05) is 13.8 Å². The van der Waals surface area contributed by atoms with Crippen molar-refractivity contribution in [2.45, 2.75) is 32.7 Å². The standard InChI is InChI=1S/C13H18ClFO3/c1-3-17-13(18-4-2)12(16)8-9-5-6-10(14)11(15)7-9/h5-7,12-13,16H,3-4,8H2,1-2H3. The van der Waals surface area contributed by atoms with Crippen LogP contribution in [0.1, 0.15) is 19.4 Å². The third-order valence-electron chi connectivity index (χ3n) is 2.40. The fourth-order valence-electron chi connectivity index (χ4n) is 1.60. The maximum absolute atomic E-state index is 13.3. The molecule has 102 valence electrons. The summed E-state index contributed by atoms with van der Waals surface area (Å²) in [6.07, 6.45) is -1.29. The molecular weight excluding hydrogens is 259 g/mol. The van der Waals surface area contributed by atoms with Crippen LogP contribution >= 0.6 is 11.6 Å². The molecule has 0 heterocycles. The quantitative estimate of drug-likeness (QED) is 0.779. The van der Waals surface area contributed by atoms with Crippen molar-refractivity contribution in [3.8, 4) is 0 Å². The molecule has 5 heteroatoms. The number of rotatable bonds is 7. The van der Waals surface area contributed by atoms with Crippen molar-refractivity contribution in [1.82, 2.24) is 0 Å². The molecule has 0 saturated carbocycles. The summed E-state index contributed by atoms with van der Waals surface area (Å²) in [4.78, 5) is 0. The van der Waals surface area contributed by atoms with Gasteiger partial charge in [0.2, 0.25) is 0 Å². The van der Waals surface area contributed by atoms with Gasteiger partial charge in [-0.2, -0.15) is 0 Å². The van der Waals surface area contributed by atoms with E-state index in [1.54, 1.807) is 6.07 Å². The van der Waals surface area contributed by atoms with Crippen LogP contribution in [0.15, 0.2) is 18.2 Å². The molecule has 0 aliphatic rings. The topological polar surface area (TPSA) is 38.7 Å². The zero-order chi connectivity index (χ0) is 13.5. The van der Waals surface area contributed by atoms with Gasteiger partial charge in [-0.1, -0.05) is 17.7 Å². The second-order valence-corrected chi connectivity index (χ2v) is 4.21. The molecule has 0 fully saturated rings. The molecule has 0 radical (unpaired) electrons. The first-order valence-electron chi connectivity index (χ1n) is 5.93.